The zero-order valence-electron chi connectivity index (χ0n) is 12.1. The number of nitrogens with zero attached hydrogens (tertiary/aromatic N) is 1. The van der Waals surface area contributed by atoms with E-state index in [9.17, 15) is 13.2 Å². The molecule has 0 atom stereocenters. The van der Waals surface area contributed by atoms with Crippen molar-refractivity contribution in [1.82, 2.24) is 9.62 Å². The van der Waals surface area contributed by atoms with Gasteiger partial charge in [0.2, 0.25) is 10.0 Å². The molecule has 0 aliphatic carbocycles. The van der Waals surface area contributed by atoms with Gasteiger partial charge in [0.05, 0.1) is 10.5 Å². The Morgan fingerprint density at radius 3 is 2.64 bits per heavy atom. The minimum absolute atomic E-state index is 0.00910. The van der Waals surface area contributed by atoms with E-state index in [1.807, 2.05) is 0 Å². The minimum Gasteiger partial charge on any atom is -0.396 e. The standard InChI is InChI=1S/C14H19BrN2O4S/c15-13-5-4-11(22(20,21)17-7-1-2-8-17)10-12(13)14(19)16-6-3-9-18/h4-5,10,18H,1-3,6-9H2,(H,16,19). The first-order valence-corrected chi connectivity index (χ1v) is 9.39. The average Bonchev–Trinajstić information content (AvgIpc) is 3.02. The van der Waals surface area contributed by atoms with Crippen LogP contribution in [0.3, 0.4) is 0 Å². The lowest BCUT2D eigenvalue weighted by Gasteiger charge is -2.16. The van der Waals surface area contributed by atoms with Gasteiger partial charge in [-0.05, 0) is 53.4 Å². The predicted octanol–water partition coefficient (Wildman–Crippen LogP) is 1.35. The minimum atomic E-state index is -3.54. The van der Waals surface area contributed by atoms with Gasteiger partial charge in [0.1, 0.15) is 0 Å². The number of hydrogen-bond donors (Lipinski definition) is 2. The van der Waals surface area contributed by atoms with Crippen LogP contribution in [-0.4, -0.2) is 50.0 Å². The fourth-order valence-corrected chi connectivity index (χ4v) is 4.26. The van der Waals surface area contributed by atoms with Gasteiger partial charge in [-0.2, -0.15) is 4.31 Å². The van der Waals surface area contributed by atoms with Gasteiger partial charge >= 0.3 is 0 Å². The molecule has 1 amide bonds. The van der Waals surface area contributed by atoms with Gasteiger partial charge in [-0.1, -0.05) is 0 Å². The van der Waals surface area contributed by atoms with Gasteiger partial charge in [0.25, 0.3) is 5.91 Å². The van der Waals surface area contributed by atoms with E-state index in [1.54, 1.807) is 6.07 Å². The highest BCUT2D eigenvalue weighted by Gasteiger charge is 2.28. The molecule has 8 heteroatoms. The summed E-state index contributed by atoms with van der Waals surface area (Å²) < 4.78 is 27.0. The van der Waals surface area contributed by atoms with E-state index in [2.05, 4.69) is 21.2 Å². The Morgan fingerprint density at radius 1 is 1.32 bits per heavy atom. The Bertz CT molecular complexity index is 642. The molecule has 22 heavy (non-hydrogen) atoms. The molecule has 1 aliphatic rings. The maximum absolute atomic E-state index is 12.5. The summed E-state index contributed by atoms with van der Waals surface area (Å²) in [6.45, 7) is 1.38. The third-order valence-corrected chi connectivity index (χ3v) is 6.09. The number of halogens is 1. The largest absolute Gasteiger partial charge is 0.396 e. The summed E-state index contributed by atoms with van der Waals surface area (Å²) in [5.74, 6) is -0.362. The van der Waals surface area contributed by atoms with Crippen LogP contribution in [0.25, 0.3) is 0 Å². The van der Waals surface area contributed by atoms with Crippen molar-refractivity contribution < 1.29 is 18.3 Å². The summed E-state index contributed by atoms with van der Waals surface area (Å²) in [6.07, 6.45) is 2.18. The van der Waals surface area contributed by atoms with Crippen molar-refractivity contribution in [3.05, 3.63) is 28.2 Å². The molecule has 1 aromatic rings. The molecule has 2 rings (SSSR count). The molecule has 0 saturated carbocycles. The Hall–Kier alpha value is -0.960. The summed E-state index contributed by atoms with van der Waals surface area (Å²) in [6, 6.07) is 4.47. The average molecular weight is 391 g/mol. The van der Waals surface area contributed by atoms with Crippen molar-refractivity contribution in [2.45, 2.75) is 24.2 Å². The van der Waals surface area contributed by atoms with Gasteiger partial charge in [-0.3, -0.25) is 4.79 Å². The normalized spacial score (nSPS) is 15.9. The second-order valence-electron chi connectivity index (χ2n) is 5.09. The highest BCUT2D eigenvalue weighted by Crippen LogP contribution is 2.25. The van der Waals surface area contributed by atoms with Crippen LogP contribution in [0.1, 0.15) is 29.6 Å². The Kier molecular flexibility index (Phi) is 5.96. The molecular formula is C14H19BrN2O4S. The topological polar surface area (TPSA) is 86.7 Å². The molecule has 0 unspecified atom stereocenters. The molecule has 6 nitrogen and oxygen atoms in total. The zero-order chi connectivity index (χ0) is 16.2. The number of rotatable bonds is 6. The summed E-state index contributed by atoms with van der Waals surface area (Å²) >= 11 is 3.27. The smallest absolute Gasteiger partial charge is 0.252 e. The number of amides is 1. The third-order valence-electron chi connectivity index (χ3n) is 3.51. The lowest BCUT2D eigenvalue weighted by molar-refractivity contribution is 0.0950. The maximum atomic E-state index is 12.5. The van der Waals surface area contributed by atoms with Crippen LogP contribution < -0.4 is 5.32 Å². The van der Waals surface area contributed by atoms with Crippen LogP contribution in [0.4, 0.5) is 0 Å². The summed E-state index contributed by atoms with van der Waals surface area (Å²) in [5, 5.41) is 11.4. The summed E-state index contributed by atoms with van der Waals surface area (Å²) in [5.41, 5.74) is 0.276. The van der Waals surface area contributed by atoms with Gasteiger partial charge in [-0.25, -0.2) is 8.42 Å². The number of aliphatic hydroxyl groups excluding tert-OH is 1. The number of aliphatic hydroxyl groups is 1. The first-order valence-electron chi connectivity index (χ1n) is 7.15. The number of hydrogen-bond acceptors (Lipinski definition) is 4. The van der Waals surface area contributed by atoms with Crippen molar-refractivity contribution in [2.24, 2.45) is 0 Å². The molecule has 2 N–H and O–H groups in total. The monoisotopic (exact) mass is 390 g/mol. The second kappa shape index (κ2) is 7.54. The number of carbonyl (C=O) groups excluding carboxylic acids is 1. The lowest BCUT2D eigenvalue weighted by Crippen LogP contribution is -2.29. The SMILES string of the molecule is O=C(NCCCO)c1cc(S(=O)(=O)N2CCCC2)ccc1Br. The van der Waals surface area contributed by atoms with Crippen molar-refractivity contribution in [3.8, 4) is 0 Å². The van der Waals surface area contributed by atoms with E-state index in [4.69, 9.17) is 5.11 Å². The molecule has 0 bridgehead atoms. The third kappa shape index (κ3) is 3.87. The van der Waals surface area contributed by atoms with E-state index in [0.29, 0.717) is 30.5 Å². The number of sulfonamides is 1. The van der Waals surface area contributed by atoms with Gasteiger partial charge in [0.15, 0.2) is 0 Å². The lowest BCUT2D eigenvalue weighted by atomic mass is 10.2. The number of benzene rings is 1. The van der Waals surface area contributed by atoms with Gasteiger partial charge in [-0.15, -0.1) is 0 Å². The van der Waals surface area contributed by atoms with Crippen LogP contribution in [0, 0.1) is 0 Å². The van der Waals surface area contributed by atoms with Crippen LogP contribution in [0.2, 0.25) is 0 Å². The van der Waals surface area contributed by atoms with E-state index in [-0.39, 0.29) is 23.0 Å². The summed E-state index contributed by atoms with van der Waals surface area (Å²) in [7, 11) is -3.54. The Balaban J connectivity index is 2.24. The molecule has 0 aromatic heterocycles. The Labute approximate surface area is 138 Å². The van der Waals surface area contributed by atoms with Crippen LogP contribution in [-0.2, 0) is 10.0 Å². The molecule has 1 aromatic carbocycles. The first-order chi connectivity index (χ1) is 10.5. The number of carbonyl (C=O) groups is 1. The maximum Gasteiger partial charge on any atom is 0.252 e. The molecular weight excluding hydrogens is 372 g/mol. The van der Waals surface area contributed by atoms with E-state index >= 15 is 0 Å². The van der Waals surface area contributed by atoms with Crippen molar-refractivity contribution in [2.75, 3.05) is 26.2 Å². The Morgan fingerprint density at radius 2 is 2.00 bits per heavy atom. The highest BCUT2D eigenvalue weighted by molar-refractivity contribution is 9.10. The first kappa shape index (κ1) is 17.4. The molecule has 1 saturated heterocycles. The van der Waals surface area contributed by atoms with Crippen LogP contribution >= 0.6 is 15.9 Å². The van der Waals surface area contributed by atoms with Crippen molar-refractivity contribution in [3.63, 3.8) is 0 Å². The molecule has 0 spiro atoms. The molecule has 1 fully saturated rings. The van der Waals surface area contributed by atoms with Gasteiger partial charge in [0, 0.05) is 30.7 Å². The predicted molar refractivity (Wildman–Crippen MR) is 86.2 cm³/mol. The van der Waals surface area contributed by atoms with Crippen molar-refractivity contribution >= 4 is 31.9 Å². The van der Waals surface area contributed by atoms with Crippen molar-refractivity contribution in [1.29, 1.82) is 0 Å². The number of nitrogens with one attached hydrogen (secondary N) is 1. The zero-order valence-corrected chi connectivity index (χ0v) is 14.5. The van der Waals surface area contributed by atoms with Crippen LogP contribution in [0.5, 0.6) is 0 Å². The molecule has 0 radical (unpaired) electrons. The van der Waals surface area contributed by atoms with E-state index in [1.165, 1.54) is 16.4 Å². The quantitative estimate of drug-likeness (QED) is 0.717. The van der Waals surface area contributed by atoms with E-state index in [0.717, 1.165) is 12.8 Å². The van der Waals surface area contributed by atoms with Gasteiger partial charge < -0.3 is 10.4 Å². The second-order valence-corrected chi connectivity index (χ2v) is 7.88. The molecule has 1 heterocycles. The summed E-state index contributed by atoms with van der Waals surface area (Å²) in [4.78, 5) is 12.2. The highest BCUT2D eigenvalue weighted by atomic mass is 79.9. The molecule has 122 valence electrons. The fraction of sp³-hybridized carbons (Fsp3) is 0.500. The van der Waals surface area contributed by atoms with Crippen LogP contribution in [0.15, 0.2) is 27.6 Å². The van der Waals surface area contributed by atoms with E-state index < -0.39 is 10.0 Å². The molecule has 1 aliphatic heterocycles. The fourth-order valence-electron chi connectivity index (χ4n) is 2.29.